The molecule has 0 spiro atoms. The summed E-state index contributed by atoms with van der Waals surface area (Å²) in [6, 6.07) is 14.8. The predicted octanol–water partition coefficient (Wildman–Crippen LogP) is 2.17. The Balaban J connectivity index is 1.85. The molecule has 0 aromatic heterocycles. The maximum absolute atomic E-state index is 12.8. The SMILES string of the molecule is CN(C)C1CCN(S(=O)(=O)c2ccc(-c3ccccc3CO)cc2)C1. The highest BCUT2D eigenvalue weighted by atomic mass is 32.2. The van der Waals surface area contributed by atoms with Crippen LogP contribution in [-0.4, -0.2) is 56.0 Å². The average molecular weight is 360 g/mol. The lowest BCUT2D eigenvalue weighted by Gasteiger charge is -2.20. The van der Waals surface area contributed by atoms with E-state index in [-0.39, 0.29) is 12.6 Å². The Hall–Kier alpha value is -1.73. The van der Waals surface area contributed by atoms with Crippen molar-refractivity contribution in [1.82, 2.24) is 9.21 Å². The van der Waals surface area contributed by atoms with Gasteiger partial charge in [0, 0.05) is 19.1 Å². The maximum Gasteiger partial charge on any atom is 0.243 e. The van der Waals surface area contributed by atoms with Gasteiger partial charge in [-0.05, 0) is 49.3 Å². The van der Waals surface area contributed by atoms with E-state index in [1.807, 2.05) is 38.4 Å². The molecular formula is C19H24N2O3S. The minimum absolute atomic E-state index is 0.0457. The standard InChI is InChI=1S/C19H24N2O3S/c1-20(2)17-11-12-21(13-17)25(23,24)18-9-7-15(8-10-18)19-6-4-3-5-16(19)14-22/h3-10,17,22H,11-14H2,1-2H3. The predicted molar refractivity (Wildman–Crippen MR) is 98.7 cm³/mol. The van der Waals surface area contributed by atoms with Crippen LogP contribution < -0.4 is 0 Å². The summed E-state index contributed by atoms with van der Waals surface area (Å²) in [5.74, 6) is 0. The second-order valence-electron chi connectivity index (χ2n) is 6.61. The van der Waals surface area contributed by atoms with Gasteiger partial charge in [-0.25, -0.2) is 8.42 Å². The fourth-order valence-corrected chi connectivity index (χ4v) is 4.74. The number of hydrogen-bond donors (Lipinski definition) is 1. The van der Waals surface area contributed by atoms with Gasteiger partial charge in [-0.2, -0.15) is 4.31 Å². The topological polar surface area (TPSA) is 60.9 Å². The molecule has 1 saturated heterocycles. The molecule has 1 heterocycles. The summed E-state index contributed by atoms with van der Waals surface area (Å²) in [5, 5.41) is 9.47. The molecule has 1 fully saturated rings. The van der Waals surface area contributed by atoms with Gasteiger partial charge in [0.2, 0.25) is 10.0 Å². The van der Waals surface area contributed by atoms with Gasteiger partial charge in [0.25, 0.3) is 0 Å². The summed E-state index contributed by atoms with van der Waals surface area (Å²) in [6.45, 7) is 1.04. The zero-order valence-corrected chi connectivity index (χ0v) is 15.4. The Labute approximate surface area is 149 Å². The lowest BCUT2D eigenvalue weighted by Crippen LogP contribution is -2.34. The van der Waals surface area contributed by atoms with E-state index in [1.165, 1.54) is 0 Å². The van der Waals surface area contributed by atoms with Crippen molar-refractivity contribution in [2.45, 2.75) is 24.0 Å². The van der Waals surface area contributed by atoms with Crippen LogP contribution in [0.4, 0.5) is 0 Å². The van der Waals surface area contributed by atoms with Crippen LogP contribution in [0.5, 0.6) is 0 Å². The molecule has 0 saturated carbocycles. The Kier molecular flexibility index (Phi) is 5.24. The second-order valence-corrected chi connectivity index (χ2v) is 8.55. The average Bonchev–Trinajstić information content (AvgIpc) is 3.13. The summed E-state index contributed by atoms with van der Waals surface area (Å²) in [7, 11) is 0.498. The van der Waals surface area contributed by atoms with Crippen molar-refractivity contribution in [3.63, 3.8) is 0 Å². The number of benzene rings is 2. The third kappa shape index (κ3) is 3.62. The number of aliphatic hydroxyl groups is 1. The molecule has 6 heteroatoms. The Morgan fingerprint density at radius 2 is 1.80 bits per heavy atom. The van der Waals surface area contributed by atoms with Crippen LogP contribution in [0, 0.1) is 0 Å². The van der Waals surface area contributed by atoms with Crippen LogP contribution in [0.1, 0.15) is 12.0 Å². The van der Waals surface area contributed by atoms with Gasteiger partial charge in [-0.1, -0.05) is 36.4 Å². The van der Waals surface area contributed by atoms with Gasteiger partial charge < -0.3 is 10.0 Å². The second kappa shape index (κ2) is 7.25. The number of hydrogen-bond acceptors (Lipinski definition) is 4. The molecule has 1 aliphatic heterocycles. The fraction of sp³-hybridized carbons (Fsp3) is 0.368. The molecular weight excluding hydrogens is 336 g/mol. The van der Waals surface area contributed by atoms with Crippen LogP contribution >= 0.6 is 0 Å². The van der Waals surface area contributed by atoms with Crippen LogP contribution in [0.15, 0.2) is 53.4 Å². The molecule has 0 radical (unpaired) electrons. The van der Waals surface area contributed by atoms with Crippen LogP contribution in [-0.2, 0) is 16.6 Å². The van der Waals surface area contributed by atoms with Crippen molar-refractivity contribution in [3.05, 3.63) is 54.1 Å². The van der Waals surface area contributed by atoms with Crippen molar-refractivity contribution in [3.8, 4) is 11.1 Å². The monoisotopic (exact) mass is 360 g/mol. The van der Waals surface area contributed by atoms with E-state index in [0.717, 1.165) is 23.1 Å². The molecule has 0 amide bonds. The Bertz CT molecular complexity index is 832. The van der Waals surface area contributed by atoms with Crippen molar-refractivity contribution in [2.75, 3.05) is 27.2 Å². The highest BCUT2D eigenvalue weighted by molar-refractivity contribution is 7.89. The normalized spacial score (nSPS) is 18.8. The number of sulfonamides is 1. The zero-order chi connectivity index (χ0) is 18.0. The van der Waals surface area contributed by atoms with E-state index in [4.69, 9.17) is 0 Å². The third-order valence-electron chi connectivity index (χ3n) is 4.85. The van der Waals surface area contributed by atoms with Gasteiger partial charge >= 0.3 is 0 Å². The largest absolute Gasteiger partial charge is 0.392 e. The van der Waals surface area contributed by atoms with E-state index in [2.05, 4.69) is 4.90 Å². The molecule has 1 aliphatic rings. The fourth-order valence-electron chi connectivity index (χ4n) is 3.25. The molecule has 1 N–H and O–H groups in total. The van der Waals surface area contributed by atoms with E-state index >= 15 is 0 Å². The molecule has 0 bridgehead atoms. The Morgan fingerprint density at radius 3 is 2.40 bits per heavy atom. The summed E-state index contributed by atoms with van der Waals surface area (Å²) in [6.07, 6.45) is 0.855. The number of aliphatic hydroxyl groups excluding tert-OH is 1. The minimum Gasteiger partial charge on any atom is -0.392 e. The van der Waals surface area contributed by atoms with E-state index in [9.17, 15) is 13.5 Å². The Morgan fingerprint density at radius 1 is 1.12 bits per heavy atom. The highest BCUT2D eigenvalue weighted by Crippen LogP contribution is 2.27. The van der Waals surface area contributed by atoms with Crippen LogP contribution in [0.3, 0.4) is 0 Å². The van der Waals surface area contributed by atoms with Crippen molar-refractivity contribution in [2.24, 2.45) is 0 Å². The molecule has 3 rings (SSSR count). The number of nitrogens with zero attached hydrogens (tertiary/aromatic N) is 2. The lowest BCUT2D eigenvalue weighted by molar-refractivity contribution is 0.282. The molecule has 25 heavy (non-hydrogen) atoms. The first kappa shape index (κ1) is 18.1. The summed E-state index contributed by atoms with van der Waals surface area (Å²) >= 11 is 0. The van der Waals surface area contributed by atoms with Crippen LogP contribution in [0.25, 0.3) is 11.1 Å². The first-order valence-electron chi connectivity index (χ1n) is 8.39. The zero-order valence-electron chi connectivity index (χ0n) is 14.6. The van der Waals surface area contributed by atoms with E-state index < -0.39 is 10.0 Å². The van der Waals surface area contributed by atoms with Crippen molar-refractivity contribution >= 4 is 10.0 Å². The first-order chi connectivity index (χ1) is 11.9. The number of likely N-dealkylation sites (N-methyl/N-ethyl adjacent to an activating group) is 1. The molecule has 2 aromatic carbocycles. The maximum atomic E-state index is 12.8. The van der Waals surface area contributed by atoms with Crippen molar-refractivity contribution in [1.29, 1.82) is 0 Å². The molecule has 134 valence electrons. The van der Waals surface area contributed by atoms with Gasteiger partial charge in [-0.15, -0.1) is 0 Å². The quantitative estimate of drug-likeness (QED) is 0.888. The minimum atomic E-state index is -3.46. The summed E-state index contributed by atoms with van der Waals surface area (Å²) in [5.41, 5.74) is 2.64. The molecule has 1 unspecified atom stereocenters. The van der Waals surface area contributed by atoms with Crippen molar-refractivity contribution < 1.29 is 13.5 Å². The summed E-state index contributed by atoms with van der Waals surface area (Å²) < 4.78 is 27.2. The lowest BCUT2D eigenvalue weighted by atomic mass is 10.0. The molecule has 1 atom stereocenters. The smallest absolute Gasteiger partial charge is 0.243 e. The highest BCUT2D eigenvalue weighted by Gasteiger charge is 2.33. The van der Waals surface area contributed by atoms with Gasteiger partial charge in [0.05, 0.1) is 11.5 Å². The van der Waals surface area contributed by atoms with E-state index in [1.54, 1.807) is 28.6 Å². The van der Waals surface area contributed by atoms with E-state index in [0.29, 0.717) is 18.0 Å². The van der Waals surface area contributed by atoms with Gasteiger partial charge in [0.1, 0.15) is 0 Å². The molecule has 5 nitrogen and oxygen atoms in total. The van der Waals surface area contributed by atoms with Gasteiger partial charge in [-0.3, -0.25) is 0 Å². The van der Waals surface area contributed by atoms with Gasteiger partial charge in [0.15, 0.2) is 0 Å². The number of rotatable bonds is 5. The molecule has 0 aliphatic carbocycles. The first-order valence-corrected chi connectivity index (χ1v) is 9.83. The van der Waals surface area contributed by atoms with Crippen LogP contribution in [0.2, 0.25) is 0 Å². The third-order valence-corrected chi connectivity index (χ3v) is 6.73. The molecule has 2 aromatic rings. The summed E-state index contributed by atoms with van der Waals surface area (Å²) in [4.78, 5) is 2.39.